The van der Waals surface area contributed by atoms with Gasteiger partial charge in [0.2, 0.25) is 0 Å². The van der Waals surface area contributed by atoms with E-state index < -0.39 is 5.60 Å². The van der Waals surface area contributed by atoms with Crippen molar-refractivity contribution in [3.8, 4) is 0 Å². The van der Waals surface area contributed by atoms with Gasteiger partial charge in [0, 0.05) is 18.8 Å². The summed E-state index contributed by atoms with van der Waals surface area (Å²) in [6, 6.07) is 6.31. The summed E-state index contributed by atoms with van der Waals surface area (Å²) >= 11 is 0. The van der Waals surface area contributed by atoms with Crippen molar-refractivity contribution in [1.82, 2.24) is 0 Å². The van der Waals surface area contributed by atoms with Crippen LogP contribution in [-0.2, 0) is 11.2 Å². The van der Waals surface area contributed by atoms with Gasteiger partial charge in [-0.1, -0.05) is 12.8 Å². The second-order valence-electron chi connectivity index (χ2n) is 7.76. The second-order valence-corrected chi connectivity index (χ2v) is 7.76. The fourth-order valence-electron chi connectivity index (χ4n) is 3.50. The molecule has 23 heavy (non-hydrogen) atoms. The van der Waals surface area contributed by atoms with Crippen molar-refractivity contribution in [2.45, 2.75) is 58.5 Å². The number of carbonyl (C=O) groups excluding carboxylic acids is 1. The number of ether oxygens (including phenoxy) is 1. The average Bonchev–Trinajstić information content (AvgIpc) is 3.12. The maximum Gasteiger partial charge on any atom is 0.414 e. The number of nitrogens with one attached hydrogen (secondary N) is 1. The summed E-state index contributed by atoms with van der Waals surface area (Å²) in [6.45, 7) is 7.47. The Kier molecular flexibility index (Phi) is 4.51. The van der Waals surface area contributed by atoms with Gasteiger partial charge < -0.3 is 10.1 Å². The van der Waals surface area contributed by atoms with Crippen LogP contribution in [0.4, 0.5) is 16.2 Å². The van der Waals surface area contributed by atoms with Gasteiger partial charge in [0.15, 0.2) is 0 Å². The van der Waals surface area contributed by atoms with E-state index in [0.717, 1.165) is 24.6 Å². The van der Waals surface area contributed by atoms with Crippen LogP contribution in [0, 0.1) is 5.92 Å². The molecule has 1 aromatic carbocycles. The van der Waals surface area contributed by atoms with Crippen LogP contribution in [0.1, 0.15) is 52.0 Å². The monoisotopic (exact) mass is 316 g/mol. The molecular formula is C19H28N2O2. The number of carbonyl (C=O) groups is 1. The molecule has 1 heterocycles. The summed E-state index contributed by atoms with van der Waals surface area (Å²) in [7, 11) is 0. The molecule has 0 saturated heterocycles. The molecule has 1 aliphatic carbocycles. The molecule has 0 radical (unpaired) electrons. The van der Waals surface area contributed by atoms with E-state index >= 15 is 0 Å². The molecule has 2 aliphatic rings. The number of nitrogens with zero attached hydrogens (tertiary/aromatic N) is 1. The molecule has 0 bridgehead atoms. The quantitative estimate of drug-likeness (QED) is 0.887. The van der Waals surface area contributed by atoms with Gasteiger partial charge in [-0.05, 0) is 69.7 Å². The Labute approximate surface area is 139 Å². The SMILES string of the molecule is CC(C)(C)OC(=O)N1CCc2cc(NCC3CCCC3)ccc21. The van der Waals surface area contributed by atoms with Crippen LogP contribution in [0.2, 0.25) is 0 Å². The number of fused-ring (bicyclic) bond motifs is 1. The zero-order chi connectivity index (χ0) is 16.4. The van der Waals surface area contributed by atoms with E-state index in [9.17, 15) is 4.79 Å². The van der Waals surface area contributed by atoms with Crippen molar-refractivity contribution >= 4 is 17.5 Å². The second kappa shape index (κ2) is 6.42. The third-order valence-corrected chi connectivity index (χ3v) is 4.66. The largest absolute Gasteiger partial charge is 0.443 e. The summed E-state index contributed by atoms with van der Waals surface area (Å²) < 4.78 is 5.50. The van der Waals surface area contributed by atoms with Crippen molar-refractivity contribution < 1.29 is 9.53 Å². The van der Waals surface area contributed by atoms with Crippen LogP contribution in [0.3, 0.4) is 0 Å². The average molecular weight is 316 g/mol. The Morgan fingerprint density at radius 3 is 2.74 bits per heavy atom. The molecule has 0 atom stereocenters. The molecule has 0 aromatic heterocycles. The number of hydrogen-bond donors (Lipinski definition) is 1. The molecule has 1 amide bonds. The Hall–Kier alpha value is -1.71. The fourth-order valence-corrected chi connectivity index (χ4v) is 3.50. The highest BCUT2D eigenvalue weighted by molar-refractivity contribution is 5.91. The first kappa shape index (κ1) is 16.2. The van der Waals surface area contributed by atoms with Crippen LogP contribution in [0.5, 0.6) is 0 Å². The summed E-state index contributed by atoms with van der Waals surface area (Å²) in [5.74, 6) is 0.821. The van der Waals surface area contributed by atoms with E-state index in [1.165, 1.54) is 36.9 Å². The lowest BCUT2D eigenvalue weighted by Crippen LogP contribution is -2.35. The van der Waals surface area contributed by atoms with Crippen molar-refractivity contribution in [3.63, 3.8) is 0 Å². The number of hydrogen-bond acceptors (Lipinski definition) is 3. The van der Waals surface area contributed by atoms with Gasteiger partial charge in [0.25, 0.3) is 0 Å². The zero-order valence-electron chi connectivity index (χ0n) is 14.5. The van der Waals surface area contributed by atoms with E-state index in [1.807, 2.05) is 26.8 Å². The van der Waals surface area contributed by atoms with Crippen molar-refractivity contribution in [2.24, 2.45) is 5.92 Å². The van der Waals surface area contributed by atoms with E-state index in [4.69, 9.17) is 4.74 Å². The molecule has 4 heteroatoms. The van der Waals surface area contributed by atoms with Crippen LogP contribution in [0.25, 0.3) is 0 Å². The minimum absolute atomic E-state index is 0.247. The number of benzene rings is 1. The minimum atomic E-state index is -0.456. The van der Waals surface area contributed by atoms with E-state index in [2.05, 4.69) is 17.4 Å². The van der Waals surface area contributed by atoms with Gasteiger partial charge in [-0.25, -0.2) is 4.79 Å². The lowest BCUT2D eigenvalue weighted by atomic mass is 10.1. The summed E-state index contributed by atoms with van der Waals surface area (Å²) in [5, 5.41) is 3.56. The van der Waals surface area contributed by atoms with Crippen LogP contribution in [0.15, 0.2) is 18.2 Å². The van der Waals surface area contributed by atoms with Crippen LogP contribution >= 0.6 is 0 Å². The molecule has 1 aromatic rings. The number of anilines is 2. The highest BCUT2D eigenvalue weighted by atomic mass is 16.6. The Morgan fingerprint density at radius 1 is 1.30 bits per heavy atom. The maximum atomic E-state index is 12.3. The predicted octanol–water partition coefficient (Wildman–Crippen LogP) is 4.59. The molecule has 4 nitrogen and oxygen atoms in total. The van der Waals surface area contributed by atoms with Gasteiger partial charge in [-0.15, -0.1) is 0 Å². The maximum absolute atomic E-state index is 12.3. The summed E-state index contributed by atoms with van der Waals surface area (Å²) in [5.41, 5.74) is 2.93. The van der Waals surface area contributed by atoms with Gasteiger partial charge in [0.05, 0.1) is 5.69 Å². The predicted molar refractivity (Wildman–Crippen MR) is 94.2 cm³/mol. The fraction of sp³-hybridized carbons (Fsp3) is 0.632. The standard InChI is InChI=1S/C19H28N2O2/c1-19(2,3)23-18(22)21-11-10-15-12-16(8-9-17(15)21)20-13-14-6-4-5-7-14/h8-9,12,14,20H,4-7,10-11,13H2,1-3H3. The Morgan fingerprint density at radius 2 is 2.04 bits per heavy atom. The molecule has 1 fully saturated rings. The molecule has 1 N–H and O–H groups in total. The van der Waals surface area contributed by atoms with E-state index in [1.54, 1.807) is 4.90 Å². The van der Waals surface area contributed by atoms with E-state index in [-0.39, 0.29) is 6.09 Å². The third kappa shape index (κ3) is 3.98. The normalized spacial score (nSPS) is 18.1. The molecular weight excluding hydrogens is 288 g/mol. The molecule has 1 saturated carbocycles. The smallest absolute Gasteiger partial charge is 0.414 e. The Bertz CT molecular complexity index is 571. The van der Waals surface area contributed by atoms with Crippen LogP contribution in [-0.4, -0.2) is 24.8 Å². The highest BCUT2D eigenvalue weighted by Gasteiger charge is 2.29. The lowest BCUT2D eigenvalue weighted by molar-refractivity contribution is 0.0584. The third-order valence-electron chi connectivity index (χ3n) is 4.66. The van der Waals surface area contributed by atoms with E-state index in [0.29, 0.717) is 6.54 Å². The number of amides is 1. The molecule has 1 aliphatic heterocycles. The first-order valence-electron chi connectivity index (χ1n) is 8.80. The summed E-state index contributed by atoms with van der Waals surface area (Å²) in [4.78, 5) is 14.0. The van der Waals surface area contributed by atoms with Gasteiger partial charge >= 0.3 is 6.09 Å². The van der Waals surface area contributed by atoms with Crippen molar-refractivity contribution in [3.05, 3.63) is 23.8 Å². The first-order valence-corrected chi connectivity index (χ1v) is 8.80. The minimum Gasteiger partial charge on any atom is -0.443 e. The van der Waals surface area contributed by atoms with Gasteiger partial charge in [-0.2, -0.15) is 0 Å². The molecule has 0 spiro atoms. The molecule has 126 valence electrons. The summed E-state index contributed by atoms with van der Waals surface area (Å²) in [6.07, 6.45) is 6.10. The van der Waals surface area contributed by atoms with Crippen molar-refractivity contribution in [1.29, 1.82) is 0 Å². The zero-order valence-corrected chi connectivity index (χ0v) is 14.5. The number of rotatable bonds is 3. The molecule has 3 rings (SSSR count). The lowest BCUT2D eigenvalue weighted by Gasteiger charge is -2.24. The molecule has 0 unspecified atom stereocenters. The highest BCUT2D eigenvalue weighted by Crippen LogP contribution is 2.32. The topological polar surface area (TPSA) is 41.6 Å². The Balaban J connectivity index is 1.64. The van der Waals surface area contributed by atoms with Gasteiger partial charge in [0.1, 0.15) is 5.60 Å². The van der Waals surface area contributed by atoms with Crippen LogP contribution < -0.4 is 10.2 Å². The van der Waals surface area contributed by atoms with Gasteiger partial charge in [-0.3, -0.25) is 4.90 Å². The van der Waals surface area contributed by atoms with Crippen molar-refractivity contribution in [2.75, 3.05) is 23.3 Å². The first-order chi connectivity index (χ1) is 10.9.